The number of amides is 1. The molecule has 0 spiro atoms. The Bertz CT molecular complexity index is 288. The highest BCUT2D eigenvalue weighted by molar-refractivity contribution is 5.78. The van der Waals surface area contributed by atoms with Crippen LogP contribution in [0.25, 0.3) is 0 Å². The lowest BCUT2D eigenvalue weighted by Crippen LogP contribution is -2.42. The average Bonchev–Trinajstić information content (AvgIpc) is 2.36. The molecule has 0 unspecified atom stereocenters. The lowest BCUT2D eigenvalue weighted by Gasteiger charge is -2.31. The van der Waals surface area contributed by atoms with Gasteiger partial charge in [-0.15, -0.1) is 6.58 Å². The molecule has 0 aromatic heterocycles. The van der Waals surface area contributed by atoms with Crippen LogP contribution in [0.1, 0.15) is 32.6 Å². The van der Waals surface area contributed by atoms with Crippen LogP contribution in [0.5, 0.6) is 0 Å². The first-order chi connectivity index (χ1) is 8.19. The molecular weight excluding hydrogens is 218 g/mol. The number of nitrogens with zero attached hydrogens (tertiary/aromatic N) is 1. The minimum Gasteiger partial charge on any atom is -0.466 e. The number of ether oxygens (including phenoxy) is 1. The molecule has 96 valence electrons. The van der Waals surface area contributed by atoms with Crippen LogP contribution in [0.2, 0.25) is 0 Å². The first-order valence-corrected chi connectivity index (χ1v) is 6.24. The number of esters is 1. The summed E-state index contributed by atoms with van der Waals surface area (Å²) < 4.78 is 5.00. The first kappa shape index (κ1) is 13.7. The Morgan fingerprint density at radius 1 is 1.53 bits per heavy atom. The van der Waals surface area contributed by atoms with Crippen molar-refractivity contribution >= 4 is 11.9 Å². The molecular formula is C13H21NO3. The van der Waals surface area contributed by atoms with E-state index in [1.807, 2.05) is 0 Å². The monoisotopic (exact) mass is 239 g/mol. The van der Waals surface area contributed by atoms with E-state index in [1.54, 1.807) is 17.9 Å². The zero-order valence-electron chi connectivity index (χ0n) is 10.5. The lowest BCUT2D eigenvalue weighted by atomic mass is 9.98. The molecule has 1 amide bonds. The number of hydrogen-bond acceptors (Lipinski definition) is 3. The molecule has 0 N–H and O–H groups in total. The fraction of sp³-hybridized carbons (Fsp3) is 0.692. The summed E-state index contributed by atoms with van der Waals surface area (Å²) in [6.07, 6.45) is 4.62. The smallest absolute Gasteiger partial charge is 0.310 e. The Balaban J connectivity index is 2.45. The summed E-state index contributed by atoms with van der Waals surface area (Å²) in [5, 5.41) is 0. The van der Waals surface area contributed by atoms with E-state index in [0.29, 0.717) is 26.0 Å². The molecule has 0 bridgehead atoms. The molecule has 1 aliphatic heterocycles. The van der Waals surface area contributed by atoms with Gasteiger partial charge in [-0.25, -0.2) is 0 Å². The maximum Gasteiger partial charge on any atom is 0.310 e. The van der Waals surface area contributed by atoms with Gasteiger partial charge in [0.15, 0.2) is 0 Å². The summed E-state index contributed by atoms with van der Waals surface area (Å²) in [7, 11) is 0. The van der Waals surface area contributed by atoms with E-state index in [1.165, 1.54) is 0 Å². The number of hydrogen-bond donors (Lipinski definition) is 0. The molecule has 0 aromatic carbocycles. The molecule has 1 heterocycles. The van der Waals surface area contributed by atoms with Crippen molar-refractivity contribution in [1.29, 1.82) is 0 Å². The fourth-order valence-electron chi connectivity index (χ4n) is 2.04. The summed E-state index contributed by atoms with van der Waals surface area (Å²) >= 11 is 0. The van der Waals surface area contributed by atoms with Crippen LogP contribution < -0.4 is 0 Å². The summed E-state index contributed by atoms with van der Waals surface area (Å²) in [5.74, 6) is -0.205. The minimum atomic E-state index is -0.172. The molecule has 0 saturated carbocycles. The van der Waals surface area contributed by atoms with E-state index in [2.05, 4.69) is 6.58 Å². The molecule has 1 fully saturated rings. The topological polar surface area (TPSA) is 46.6 Å². The number of carbonyl (C=O) groups excluding carboxylic acids is 2. The van der Waals surface area contributed by atoms with Crippen molar-refractivity contribution in [3.05, 3.63) is 12.7 Å². The summed E-state index contributed by atoms with van der Waals surface area (Å²) in [6.45, 7) is 7.07. The van der Waals surface area contributed by atoms with Crippen molar-refractivity contribution in [1.82, 2.24) is 4.90 Å². The summed E-state index contributed by atoms with van der Waals surface area (Å²) in [5.41, 5.74) is 0. The standard InChI is InChI=1S/C13H21NO3/c1-3-5-8-12(15)14-9-6-7-11(10-14)13(16)17-4-2/h3,11H,1,4-10H2,2H3/t11-/m1/s1. The predicted molar refractivity (Wildman–Crippen MR) is 65.4 cm³/mol. The molecule has 17 heavy (non-hydrogen) atoms. The number of rotatable bonds is 5. The average molecular weight is 239 g/mol. The van der Waals surface area contributed by atoms with Gasteiger partial charge in [-0.3, -0.25) is 9.59 Å². The van der Waals surface area contributed by atoms with Gasteiger partial charge in [-0.1, -0.05) is 6.08 Å². The van der Waals surface area contributed by atoms with Gasteiger partial charge in [0, 0.05) is 19.5 Å². The maximum absolute atomic E-state index is 11.8. The quantitative estimate of drug-likeness (QED) is 0.542. The van der Waals surface area contributed by atoms with Crippen LogP contribution >= 0.6 is 0 Å². The van der Waals surface area contributed by atoms with Crippen LogP contribution in [-0.2, 0) is 14.3 Å². The van der Waals surface area contributed by atoms with Gasteiger partial charge < -0.3 is 9.64 Å². The van der Waals surface area contributed by atoms with Crippen molar-refractivity contribution in [3.63, 3.8) is 0 Å². The Kier molecular flexibility index (Phi) is 5.73. The molecule has 1 saturated heterocycles. The summed E-state index contributed by atoms with van der Waals surface area (Å²) in [4.78, 5) is 25.2. The van der Waals surface area contributed by atoms with Crippen LogP contribution in [0, 0.1) is 5.92 Å². The van der Waals surface area contributed by atoms with Gasteiger partial charge in [0.25, 0.3) is 0 Å². The Morgan fingerprint density at radius 2 is 2.29 bits per heavy atom. The fourth-order valence-corrected chi connectivity index (χ4v) is 2.04. The molecule has 4 nitrogen and oxygen atoms in total. The third-order valence-corrected chi connectivity index (χ3v) is 2.96. The third-order valence-electron chi connectivity index (χ3n) is 2.96. The molecule has 1 rings (SSSR count). The van der Waals surface area contributed by atoms with Crippen LogP contribution in [-0.4, -0.2) is 36.5 Å². The minimum absolute atomic E-state index is 0.110. The van der Waals surface area contributed by atoms with Gasteiger partial charge in [0.05, 0.1) is 12.5 Å². The van der Waals surface area contributed by atoms with E-state index in [4.69, 9.17) is 4.74 Å². The number of piperidine rings is 1. The molecule has 0 radical (unpaired) electrons. The zero-order chi connectivity index (χ0) is 12.7. The van der Waals surface area contributed by atoms with Gasteiger partial charge in [0.1, 0.15) is 0 Å². The normalized spacial score (nSPS) is 19.8. The second-order valence-electron chi connectivity index (χ2n) is 4.26. The van der Waals surface area contributed by atoms with Crippen molar-refractivity contribution < 1.29 is 14.3 Å². The van der Waals surface area contributed by atoms with E-state index in [0.717, 1.165) is 19.4 Å². The van der Waals surface area contributed by atoms with Crippen molar-refractivity contribution in [2.24, 2.45) is 5.92 Å². The van der Waals surface area contributed by atoms with E-state index in [9.17, 15) is 9.59 Å². The van der Waals surface area contributed by atoms with E-state index < -0.39 is 0 Å². The second kappa shape index (κ2) is 7.09. The number of allylic oxidation sites excluding steroid dienone is 1. The van der Waals surface area contributed by atoms with Gasteiger partial charge in [-0.2, -0.15) is 0 Å². The molecule has 0 aliphatic carbocycles. The number of likely N-dealkylation sites (tertiary alicyclic amines) is 1. The number of carbonyl (C=O) groups is 2. The van der Waals surface area contributed by atoms with Gasteiger partial charge >= 0.3 is 5.97 Å². The third kappa shape index (κ3) is 4.21. The van der Waals surface area contributed by atoms with E-state index >= 15 is 0 Å². The predicted octanol–water partition coefficient (Wildman–Crippen LogP) is 1.75. The maximum atomic E-state index is 11.8. The Hall–Kier alpha value is -1.32. The second-order valence-corrected chi connectivity index (χ2v) is 4.26. The van der Waals surface area contributed by atoms with E-state index in [-0.39, 0.29) is 17.8 Å². The highest BCUT2D eigenvalue weighted by Crippen LogP contribution is 2.18. The molecule has 0 aromatic rings. The summed E-state index contributed by atoms with van der Waals surface area (Å²) in [6, 6.07) is 0. The van der Waals surface area contributed by atoms with Gasteiger partial charge in [-0.05, 0) is 26.2 Å². The Morgan fingerprint density at radius 3 is 2.94 bits per heavy atom. The molecule has 1 atom stereocenters. The largest absolute Gasteiger partial charge is 0.466 e. The molecule has 4 heteroatoms. The first-order valence-electron chi connectivity index (χ1n) is 6.24. The van der Waals surface area contributed by atoms with Gasteiger partial charge in [0.2, 0.25) is 5.91 Å². The van der Waals surface area contributed by atoms with Crippen molar-refractivity contribution in [3.8, 4) is 0 Å². The van der Waals surface area contributed by atoms with Crippen molar-refractivity contribution in [2.75, 3.05) is 19.7 Å². The highest BCUT2D eigenvalue weighted by atomic mass is 16.5. The van der Waals surface area contributed by atoms with Crippen LogP contribution in [0.15, 0.2) is 12.7 Å². The lowest BCUT2D eigenvalue weighted by molar-refractivity contribution is -0.151. The zero-order valence-corrected chi connectivity index (χ0v) is 10.5. The van der Waals surface area contributed by atoms with Crippen molar-refractivity contribution in [2.45, 2.75) is 32.6 Å². The highest BCUT2D eigenvalue weighted by Gasteiger charge is 2.28. The molecule has 1 aliphatic rings. The SMILES string of the molecule is C=CCCC(=O)N1CCC[C@@H](C(=O)OCC)C1. The Labute approximate surface area is 103 Å². The van der Waals surface area contributed by atoms with Crippen LogP contribution in [0.3, 0.4) is 0 Å². The van der Waals surface area contributed by atoms with Crippen LogP contribution in [0.4, 0.5) is 0 Å².